The predicted octanol–water partition coefficient (Wildman–Crippen LogP) is 3.16. The Morgan fingerprint density at radius 3 is 2.42 bits per heavy atom. The minimum Gasteiger partial charge on any atom is -0.348 e. The molecule has 2 rings (SSSR count). The summed E-state index contributed by atoms with van der Waals surface area (Å²) >= 11 is 0. The van der Waals surface area contributed by atoms with Crippen LogP contribution in [0, 0.1) is 5.82 Å². The van der Waals surface area contributed by atoms with Crippen molar-refractivity contribution >= 4 is 12.0 Å². The summed E-state index contributed by atoms with van der Waals surface area (Å²) < 4.78 is 12.7. The van der Waals surface area contributed by atoms with E-state index in [9.17, 15) is 9.18 Å². The Morgan fingerprint density at radius 1 is 1.05 bits per heavy atom. The molecule has 2 aromatic rings. The molecule has 0 heterocycles. The first kappa shape index (κ1) is 13.0. The Labute approximate surface area is 111 Å². The number of rotatable bonds is 4. The largest absolute Gasteiger partial charge is 0.348 e. The van der Waals surface area contributed by atoms with Crippen LogP contribution in [0.15, 0.2) is 60.7 Å². The van der Waals surface area contributed by atoms with Crippen molar-refractivity contribution in [2.24, 2.45) is 0 Å². The standard InChI is InChI=1S/C16H14FNO/c17-15-9-6-14(7-10-15)12-18-16(19)11-8-13-4-2-1-3-5-13/h1-11H,12H2,(H,18,19). The van der Waals surface area contributed by atoms with E-state index < -0.39 is 0 Å². The highest BCUT2D eigenvalue weighted by Gasteiger charge is 1.97. The van der Waals surface area contributed by atoms with Crippen LogP contribution in [0.5, 0.6) is 0 Å². The highest BCUT2D eigenvalue weighted by atomic mass is 19.1. The van der Waals surface area contributed by atoms with Gasteiger partial charge in [0.15, 0.2) is 0 Å². The van der Waals surface area contributed by atoms with Crippen LogP contribution in [0.25, 0.3) is 6.08 Å². The molecule has 19 heavy (non-hydrogen) atoms. The first-order chi connectivity index (χ1) is 9.24. The third kappa shape index (κ3) is 4.39. The normalized spacial score (nSPS) is 10.6. The van der Waals surface area contributed by atoms with Crippen LogP contribution in [0.1, 0.15) is 11.1 Å². The second-order valence-corrected chi connectivity index (χ2v) is 4.09. The molecule has 96 valence electrons. The van der Waals surface area contributed by atoms with Gasteiger partial charge < -0.3 is 5.32 Å². The molecular formula is C16H14FNO. The predicted molar refractivity (Wildman–Crippen MR) is 73.7 cm³/mol. The lowest BCUT2D eigenvalue weighted by Crippen LogP contribution is -2.20. The van der Waals surface area contributed by atoms with Crippen LogP contribution >= 0.6 is 0 Å². The first-order valence-electron chi connectivity index (χ1n) is 5.99. The van der Waals surface area contributed by atoms with Crippen molar-refractivity contribution in [3.05, 3.63) is 77.6 Å². The lowest BCUT2D eigenvalue weighted by Gasteiger charge is -2.02. The van der Waals surface area contributed by atoms with E-state index in [-0.39, 0.29) is 11.7 Å². The lowest BCUT2D eigenvalue weighted by molar-refractivity contribution is -0.116. The number of hydrogen-bond donors (Lipinski definition) is 1. The Kier molecular flexibility index (Phi) is 4.45. The topological polar surface area (TPSA) is 29.1 Å². The van der Waals surface area contributed by atoms with Gasteiger partial charge in [0.2, 0.25) is 5.91 Å². The molecule has 1 N–H and O–H groups in total. The zero-order valence-corrected chi connectivity index (χ0v) is 10.3. The van der Waals surface area contributed by atoms with Crippen molar-refractivity contribution in [2.45, 2.75) is 6.54 Å². The van der Waals surface area contributed by atoms with Crippen LogP contribution in [0.2, 0.25) is 0 Å². The molecule has 0 aliphatic carbocycles. The maximum absolute atomic E-state index is 12.7. The second kappa shape index (κ2) is 6.50. The fourth-order valence-corrected chi connectivity index (χ4v) is 1.59. The van der Waals surface area contributed by atoms with E-state index in [0.29, 0.717) is 6.54 Å². The van der Waals surface area contributed by atoms with E-state index >= 15 is 0 Å². The second-order valence-electron chi connectivity index (χ2n) is 4.09. The zero-order chi connectivity index (χ0) is 13.5. The van der Waals surface area contributed by atoms with Crippen molar-refractivity contribution in [3.63, 3.8) is 0 Å². The summed E-state index contributed by atoms with van der Waals surface area (Å²) in [7, 11) is 0. The van der Waals surface area contributed by atoms with Gasteiger partial charge in [-0.3, -0.25) is 4.79 Å². The molecule has 0 saturated heterocycles. The number of halogens is 1. The highest BCUT2D eigenvalue weighted by molar-refractivity contribution is 5.91. The smallest absolute Gasteiger partial charge is 0.244 e. The van der Waals surface area contributed by atoms with Gasteiger partial charge in [0.05, 0.1) is 0 Å². The van der Waals surface area contributed by atoms with Crippen molar-refractivity contribution in [1.29, 1.82) is 0 Å². The molecule has 0 aliphatic heterocycles. The minimum atomic E-state index is -0.279. The van der Waals surface area contributed by atoms with Crippen molar-refractivity contribution in [1.82, 2.24) is 5.32 Å². The van der Waals surface area contributed by atoms with Crippen molar-refractivity contribution in [3.8, 4) is 0 Å². The lowest BCUT2D eigenvalue weighted by atomic mass is 10.2. The van der Waals surface area contributed by atoms with E-state index in [0.717, 1.165) is 11.1 Å². The maximum Gasteiger partial charge on any atom is 0.244 e. The van der Waals surface area contributed by atoms with Gasteiger partial charge in [-0.25, -0.2) is 4.39 Å². The van der Waals surface area contributed by atoms with Crippen LogP contribution in [0.3, 0.4) is 0 Å². The molecule has 3 heteroatoms. The number of amides is 1. The molecule has 0 fully saturated rings. The molecule has 0 atom stereocenters. The third-order valence-electron chi connectivity index (χ3n) is 2.61. The highest BCUT2D eigenvalue weighted by Crippen LogP contribution is 2.03. The maximum atomic E-state index is 12.7. The molecule has 1 amide bonds. The van der Waals surface area contributed by atoms with Crippen LogP contribution < -0.4 is 5.32 Å². The van der Waals surface area contributed by atoms with Crippen molar-refractivity contribution in [2.75, 3.05) is 0 Å². The molecule has 0 saturated carbocycles. The molecule has 2 aromatic carbocycles. The summed E-state index contributed by atoms with van der Waals surface area (Å²) in [4.78, 5) is 11.6. The molecule has 0 aliphatic rings. The molecule has 0 spiro atoms. The van der Waals surface area contributed by atoms with Gasteiger partial charge in [0, 0.05) is 12.6 Å². The Hall–Kier alpha value is -2.42. The van der Waals surface area contributed by atoms with E-state index in [1.807, 2.05) is 30.3 Å². The van der Waals surface area contributed by atoms with Gasteiger partial charge in [-0.2, -0.15) is 0 Å². The van der Waals surface area contributed by atoms with E-state index in [1.54, 1.807) is 18.2 Å². The molecule has 2 nitrogen and oxygen atoms in total. The average Bonchev–Trinajstić information content (AvgIpc) is 2.45. The number of carbonyl (C=O) groups is 1. The number of nitrogens with one attached hydrogen (secondary N) is 1. The summed E-state index contributed by atoms with van der Waals surface area (Å²) in [5.41, 5.74) is 1.84. The summed E-state index contributed by atoms with van der Waals surface area (Å²) in [5, 5.41) is 2.74. The van der Waals surface area contributed by atoms with Gasteiger partial charge in [0.1, 0.15) is 5.82 Å². The summed E-state index contributed by atoms with van der Waals surface area (Å²) in [6, 6.07) is 15.6. The SMILES string of the molecule is O=C(C=Cc1ccccc1)NCc1ccc(F)cc1. The molecule has 0 aromatic heterocycles. The molecule has 0 bridgehead atoms. The Morgan fingerprint density at radius 2 is 1.74 bits per heavy atom. The molecule has 0 unspecified atom stereocenters. The fraction of sp³-hybridized carbons (Fsp3) is 0.0625. The Balaban J connectivity index is 1.85. The van der Waals surface area contributed by atoms with E-state index in [4.69, 9.17) is 0 Å². The van der Waals surface area contributed by atoms with Gasteiger partial charge in [0.25, 0.3) is 0 Å². The first-order valence-corrected chi connectivity index (χ1v) is 5.99. The van der Waals surface area contributed by atoms with Gasteiger partial charge in [-0.15, -0.1) is 0 Å². The van der Waals surface area contributed by atoms with Gasteiger partial charge in [-0.1, -0.05) is 42.5 Å². The fourth-order valence-electron chi connectivity index (χ4n) is 1.59. The minimum absolute atomic E-state index is 0.173. The summed E-state index contributed by atoms with van der Waals surface area (Å²) in [6.07, 6.45) is 3.23. The average molecular weight is 255 g/mol. The van der Waals surface area contributed by atoms with Crippen LogP contribution in [-0.4, -0.2) is 5.91 Å². The summed E-state index contributed by atoms with van der Waals surface area (Å²) in [5.74, 6) is -0.452. The van der Waals surface area contributed by atoms with Crippen LogP contribution in [-0.2, 0) is 11.3 Å². The van der Waals surface area contributed by atoms with Crippen molar-refractivity contribution < 1.29 is 9.18 Å². The number of hydrogen-bond acceptors (Lipinski definition) is 1. The molecular weight excluding hydrogens is 241 g/mol. The van der Waals surface area contributed by atoms with Gasteiger partial charge >= 0.3 is 0 Å². The zero-order valence-electron chi connectivity index (χ0n) is 10.3. The Bertz CT molecular complexity index is 561. The van der Waals surface area contributed by atoms with E-state index in [1.165, 1.54) is 18.2 Å². The third-order valence-corrected chi connectivity index (χ3v) is 2.61. The quantitative estimate of drug-likeness (QED) is 0.835. The van der Waals surface area contributed by atoms with E-state index in [2.05, 4.69) is 5.32 Å². The summed E-state index contributed by atoms with van der Waals surface area (Å²) in [6.45, 7) is 0.387. The monoisotopic (exact) mass is 255 g/mol. The number of carbonyl (C=O) groups excluding carboxylic acids is 1. The number of benzene rings is 2. The molecule has 0 radical (unpaired) electrons. The van der Waals surface area contributed by atoms with Crippen LogP contribution in [0.4, 0.5) is 4.39 Å². The van der Waals surface area contributed by atoms with Gasteiger partial charge in [-0.05, 0) is 29.3 Å².